The Labute approximate surface area is 156 Å². The predicted molar refractivity (Wildman–Crippen MR) is 101 cm³/mol. The minimum atomic E-state index is -0.421. The Balaban J connectivity index is 1.68. The average Bonchev–Trinajstić information content (AvgIpc) is 3.21. The first-order valence-corrected chi connectivity index (χ1v) is 9.19. The zero-order valence-corrected chi connectivity index (χ0v) is 16.1. The number of methoxy groups -OCH3 is 1. The summed E-state index contributed by atoms with van der Waals surface area (Å²) in [6, 6.07) is 7.26. The second-order valence-electron chi connectivity index (χ2n) is 7.26. The number of amides is 2. The maximum Gasteiger partial charge on any atom is 0.231 e. The number of carbonyl (C=O) groups excluding carboxylic acids is 2. The molecule has 1 aromatic carbocycles. The summed E-state index contributed by atoms with van der Waals surface area (Å²) in [7, 11) is 1.58. The van der Waals surface area contributed by atoms with Crippen molar-refractivity contribution in [3.05, 3.63) is 29.3 Å². The van der Waals surface area contributed by atoms with Crippen molar-refractivity contribution in [1.82, 2.24) is 10.2 Å². The molecule has 3 rings (SSSR count). The minimum Gasteiger partial charge on any atom is -0.497 e. The highest BCUT2D eigenvalue weighted by atomic mass is 32.1. The van der Waals surface area contributed by atoms with E-state index in [4.69, 9.17) is 4.74 Å². The van der Waals surface area contributed by atoms with Crippen LogP contribution in [0.15, 0.2) is 24.3 Å². The van der Waals surface area contributed by atoms with Crippen molar-refractivity contribution in [2.45, 2.75) is 32.6 Å². The van der Waals surface area contributed by atoms with Gasteiger partial charge in [-0.3, -0.25) is 9.59 Å². The fourth-order valence-electron chi connectivity index (χ4n) is 2.70. The Bertz CT molecular complexity index is 828. The highest BCUT2D eigenvalue weighted by molar-refractivity contribution is 7.15. The van der Waals surface area contributed by atoms with E-state index in [0.717, 1.165) is 10.7 Å². The van der Waals surface area contributed by atoms with Crippen molar-refractivity contribution < 1.29 is 14.3 Å². The molecule has 0 spiro atoms. The van der Waals surface area contributed by atoms with Gasteiger partial charge in [0.1, 0.15) is 10.8 Å². The summed E-state index contributed by atoms with van der Waals surface area (Å²) in [5, 5.41) is 12.3. The molecule has 138 valence electrons. The number of ether oxygens (including phenoxy) is 1. The second-order valence-corrected chi connectivity index (χ2v) is 8.24. The molecular formula is C18H22N4O3S. The van der Waals surface area contributed by atoms with E-state index < -0.39 is 5.92 Å². The van der Waals surface area contributed by atoms with Crippen LogP contribution >= 0.6 is 11.3 Å². The van der Waals surface area contributed by atoms with E-state index in [1.807, 2.05) is 39.0 Å². The van der Waals surface area contributed by atoms with Gasteiger partial charge in [-0.15, -0.1) is 10.2 Å². The van der Waals surface area contributed by atoms with E-state index in [1.165, 1.54) is 11.3 Å². The number of nitrogens with one attached hydrogen (secondary N) is 1. The predicted octanol–water partition coefficient (Wildman–Crippen LogP) is 2.84. The summed E-state index contributed by atoms with van der Waals surface area (Å²) >= 11 is 1.36. The zero-order chi connectivity index (χ0) is 18.9. The largest absolute Gasteiger partial charge is 0.497 e. The third kappa shape index (κ3) is 3.85. The molecular weight excluding hydrogens is 352 g/mol. The van der Waals surface area contributed by atoms with Crippen LogP contribution in [0, 0.1) is 5.92 Å². The lowest BCUT2D eigenvalue weighted by molar-refractivity contribution is -0.122. The van der Waals surface area contributed by atoms with Gasteiger partial charge in [0.15, 0.2) is 0 Å². The van der Waals surface area contributed by atoms with Crippen molar-refractivity contribution in [1.29, 1.82) is 0 Å². The lowest BCUT2D eigenvalue weighted by atomic mass is 9.98. The van der Waals surface area contributed by atoms with Crippen LogP contribution in [-0.4, -0.2) is 35.7 Å². The van der Waals surface area contributed by atoms with Crippen LogP contribution in [0.5, 0.6) is 5.75 Å². The number of aromatic nitrogens is 2. The van der Waals surface area contributed by atoms with E-state index in [2.05, 4.69) is 15.5 Å². The van der Waals surface area contributed by atoms with Crippen LogP contribution in [0.1, 0.15) is 32.2 Å². The molecule has 1 aromatic heterocycles. The standard InChI is InChI=1S/C18H22N4O3S/c1-18(2,3)16-20-21-17(26-16)19-15(24)11-8-14(23)22(10-11)12-6-5-7-13(9-12)25-4/h5-7,9,11H,8,10H2,1-4H3,(H,19,21,24)/t11-/m0/s1. The molecule has 0 bridgehead atoms. The number of anilines is 2. The van der Waals surface area contributed by atoms with Crippen molar-refractivity contribution in [2.24, 2.45) is 5.92 Å². The summed E-state index contributed by atoms with van der Waals surface area (Å²) in [5.74, 6) is -0.0335. The number of hydrogen-bond acceptors (Lipinski definition) is 6. The molecule has 1 N–H and O–H groups in total. The Kier molecular flexibility index (Phi) is 4.95. The van der Waals surface area contributed by atoms with Crippen LogP contribution in [0.25, 0.3) is 0 Å². The van der Waals surface area contributed by atoms with E-state index in [1.54, 1.807) is 18.1 Å². The summed E-state index contributed by atoms with van der Waals surface area (Å²) in [6.07, 6.45) is 0.175. The first kappa shape index (κ1) is 18.3. The van der Waals surface area contributed by atoms with Crippen LogP contribution in [0.2, 0.25) is 0 Å². The molecule has 2 aromatic rings. The number of nitrogens with zero attached hydrogens (tertiary/aromatic N) is 3. The quantitative estimate of drug-likeness (QED) is 0.890. The van der Waals surface area contributed by atoms with E-state index in [0.29, 0.717) is 17.4 Å². The monoisotopic (exact) mass is 374 g/mol. The molecule has 1 aliphatic rings. The van der Waals surface area contributed by atoms with Crippen molar-refractivity contribution >= 4 is 34.0 Å². The molecule has 1 atom stereocenters. The highest BCUT2D eigenvalue weighted by Gasteiger charge is 2.35. The topological polar surface area (TPSA) is 84.4 Å². The van der Waals surface area contributed by atoms with Gasteiger partial charge in [-0.1, -0.05) is 38.2 Å². The number of benzene rings is 1. The summed E-state index contributed by atoms with van der Waals surface area (Å²) in [4.78, 5) is 26.5. The van der Waals surface area contributed by atoms with Crippen molar-refractivity contribution in [3.63, 3.8) is 0 Å². The molecule has 7 nitrogen and oxygen atoms in total. The second kappa shape index (κ2) is 7.03. The van der Waals surface area contributed by atoms with Crippen LogP contribution < -0.4 is 15.0 Å². The van der Waals surface area contributed by atoms with Gasteiger partial charge in [-0.25, -0.2) is 0 Å². The molecule has 1 fully saturated rings. The van der Waals surface area contributed by atoms with Gasteiger partial charge in [-0.2, -0.15) is 0 Å². The molecule has 1 saturated heterocycles. The Morgan fingerprint density at radius 2 is 2.12 bits per heavy atom. The highest BCUT2D eigenvalue weighted by Crippen LogP contribution is 2.30. The van der Waals surface area contributed by atoms with E-state index in [9.17, 15) is 9.59 Å². The van der Waals surface area contributed by atoms with E-state index >= 15 is 0 Å². The molecule has 0 radical (unpaired) electrons. The normalized spacial score (nSPS) is 17.5. The molecule has 2 amide bonds. The number of hydrogen-bond donors (Lipinski definition) is 1. The van der Waals surface area contributed by atoms with Crippen molar-refractivity contribution in [3.8, 4) is 5.75 Å². The molecule has 0 aliphatic carbocycles. The first-order chi connectivity index (χ1) is 12.3. The molecule has 0 unspecified atom stereocenters. The number of carbonyl (C=O) groups is 2. The molecule has 1 aliphatic heterocycles. The van der Waals surface area contributed by atoms with Gasteiger partial charge in [0.05, 0.1) is 13.0 Å². The Morgan fingerprint density at radius 3 is 2.77 bits per heavy atom. The van der Waals surface area contributed by atoms with Gasteiger partial charge in [-0.05, 0) is 12.1 Å². The SMILES string of the molecule is COc1cccc(N2C[C@@H](C(=O)Nc3nnc(C(C)(C)C)s3)CC2=O)c1. The third-order valence-corrected chi connectivity index (χ3v) is 5.42. The van der Waals surface area contributed by atoms with Crippen molar-refractivity contribution in [2.75, 3.05) is 23.9 Å². The fraction of sp³-hybridized carbons (Fsp3) is 0.444. The zero-order valence-electron chi connectivity index (χ0n) is 15.3. The average molecular weight is 374 g/mol. The van der Waals surface area contributed by atoms with E-state index in [-0.39, 0.29) is 23.7 Å². The van der Waals surface area contributed by atoms with Crippen LogP contribution in [-0.2, 0) is 15.0 Å². The van der Waals surface area contributed by atoms with Gasteiger partial charge < -0.3 is 15.0 Å². The lowest BCUT2D eigenvalue weighted by Gasteiger charge is -2.17. The fourth-order valence-corrected chi connectivity index (χ4v) is 3.50. The molecule has 26 heavy (non-hydrogen) atoms. The lowest BCUT2D eigenvalue weighted by Crippen LogP contribution is -2.28. The molecule has 8 heteroatoms. The molecule has 2 heterocycles. The Morgan fingerprint density at radius 1 is 1.35 bits per heavy atom. The number of rotatable bonds is 4. The summed E-state index contributed by atoms with van der Waals surface area (Å²) < 4.78 is 5.20. The first-order valence-electron chi connectivity index (χ1n) is 8.37. The van der Waals surface area contributed by atoms with Gasteiger partial charge in [0, 0.05) is 30.1 Å². The van der Waals surface area contributed by atoms with Gasteiger partial charge in [0.25, 0.3) is 0 Å². The smallest absolute Gasteiger partial charge is 0.231 e. The van der Waals surface area contributed by atoms with Crippen LogP contribution in [0.4, 0.5) is 10.8 Å². The summed E-state index contributed by atoms with van der Waals surface area (Å²) in [6.45, 7) is 6.46. The summed E-state index contributed by atoms with van der Waals surface area (Å²) in [5.41, 5.74) is 0.614. The molecule has 0 saturated carbocycles. The third-order valence-electron chi connectivity index (χ3n) is 4.16. The van der Waals surface area contributed by atoms with Gasteiger partial charge >= 0.3 is 0 Å². The minimum absolute atomic E-state index is 0.0777. The maximum absolute atomic E-state index is 12.5. The van der Waals surface area contributed by atoms with Gasteiger partial charge in [0.2, 0.25) is 16.9 Å². The van der Waals surface area contributed by atoms with Crippen LogP contribution in [0.3, 0.4) is 0 Å². The maximum atomic E-state index is 12.5. The Hall–Kier alpha value is -2.48.